The van der Waals surface area contributed by atoms with Crippen molar-refractivity contribution in [1.82, 2.24) is 14.7 Å². The predicted octanol–water partition coefficient (Wildman–Crippen LogP) is 4.86. The number of hydrogen-bond donors (Lipinski definition) is 0. The van der Waals surface area contributed by atoms with Gasteiger partial charge in [-0.25, -0.2) is 4.68 Å². The fourth-order valence-corrected chi connectivity index (χ4v) is 3.55. The molecule has 2 aromatic carbocycles. The highest BCUT2D eigenvalue weighted by Gasteiger charge is 2.25. The van der Waals surface area contributed by atoms with E-state index >= 15 is 0 Å². The van der Waals surface area contributed by atoms with Gasteiger partial charge in [0.05, 0.1) is 43.5 Å². The van der Waals surface area contributed by atoms with Crippen molar-refractivity contribution < 1.29 is 23.4 Å². The van der Waals surface area contributed by atoms with Crippen LogP contribution in [0, 0.1) is 6.92 Å². The molecule has 1 amide bonds. The van der Waals surface area contributed by atoms with Crippen LogP contribution in [0.25, 0.3) is 5.69 Å². The molecule has 0 fully saturated rings. The van der Waals surface area contributed by atoms with Crippen LogP contribution in [0.15, 0.2) is 77.4 Å². The molecule has 176 valence electrons. The van der Waals surface area contributed by atoms with Crippen molar-refractivity contribution in [2.24, 2.45) is 0 Å². The first-order valence-corrected chi connectivity index (χ1v) is 10.9. The van der Waals surface area contributed by atoms with E-state index in [0.717, 1.165) is 16.9 Å². The average Bonchev–Trinajstić information content (AvgIpc) is 3.51. The third kappa shape index (κ3) is 5.13. The van der Waals surface area contributed by atoms with E-state index in [9.17, 15) is 4.79 Å². The summed E-state index contributed by atoms with van der Waals surface area (Å²) in [4.78, 5) is 14.8. The van der Waals surface area contributed by atoms with Crippen LogP contribution in [0.5, 0.6) is 17.4 Å². The molecule has 8 nitrogen and oxygen atoms in total. The largest absolute Gasteiger partial charge is 0.497 e. The fourth-order valence-electron chi connectivity index (χ4n) is 3.55. The normalized spacial score (nSPS) is 10.8. The van der Waals surface area contributed by atoms with Crippen molar-refractivity contribution in [3.05, 3.63) is 90.0 Å². The van der Waals surface area contributed by atoms with Gasteiger partial charge in [-0.15, -0.1) is 0 Å². The summed E-state index contributed by atoms with van der Waals surface area (Å²) in [6.45, 7) is 2.93. The minimum atomic E-state index is -0.235. The van der Waals surface area contributed by atoms with Crippen molar-refractivity contribution in [3.63, 3.8) is 0 Å². The fraction of sp³-hybridized carbons (Fsp3) is 0.231. The molecule has 0 aliphatic heterocycles. The molecule has 2 heterocycles. The van der Waals surface area contributed by atoms with Crippen LogP contribution in [-0.4, -0.2) is 48.0 Å². The number of carbonyl (C=O) groups is 1. The molecule has 0 saturated carbocycles. The Balaban J connectivity index is 1.75. The number of benzene rings is 2. The van der Waals surface area contributed by atoms with Gasteiger partial charge in [-0.3, -0.25) is 4.79 Å². The van der Waals surface area contributed by atoms with Gasteiger partial charge in [-0.1, -0.05) is 24.3 Å². The summed E-state index contributed by atoms with van der Waals surface area (Å²) in [7, 11) is 3.21. The predicted molar refractivity (Wildman–Crippen MR) is 127 cm³/mol. The number of ether oxygens (including phenoxy) is 3. The SMILES string of the molecule is COCCN(Cc1c(C)nn(-c2ccccc2)c1Oc1cccc(OC)c1)C(=O)c1ccco1. The maximum atomic E-state index is 13.1. The molecule has 0 aliphatic rings. The Bertz CT molecular complexity index is 1220. The van der Waals surface area contributed by atoms with Crippen LogP contribution in [-0.2, 0) is 11.3 Å². The third-order valence-electron chi connectivity index (χ3n) is 5.33. The standard InChI is InChI=1S/C26H27N3O5/c1-19-23(18-28(14-16-31-2)25(30)24-13-8-15-33-24)26(29(27-19)20-9-5-4-6-10-20)34-22-12-7-11-21(17-22)32-3/h4-13,15,17H,14,16,18H2,1-3H3. The zero-order chi connectivity index (χ0) is 23.9. The molecular weight excluding hydrogens is 434 g/mol. The number of furan rings is 1. The Morgan fingerprint density at radius 1 is 1.03 bits per heavy atom. The van der Waals surface area contributed by atoms with E-state index in [1.807, 2.05) is 55.5 Å². The van der Waals surface area contributed by atoms with E-state index < -0.39 is 0 Å². The van der Waals surface area contributed by atoms with Crippen LogP contribution in [0.1, 0.15) is 21.8 Å². The molecule has 0 radical (unpaired) electrons. The first kappa shape index (κ1) is 23.1. The molecule has 4 rings (SSSR count). The first-order chi connectivity index (χ1) is 16.6. The van der Waals surface area contributed by atoms with E-state index in [2.05, 4.69) is 0 Å². The molecule has 8 heteroatoms. The smallest absolute Gasteiger partial charge is 0.289 e. The lowest BCUT2D eigenvalue weighted by atomic mass is 10.2. The van der Waals surface area contributed by atoms with E-state index in [1.54, 1.807) is 42.0 Å². The lowest BCUT2D eigenvalue weighted by Gasteiger charge is -2.22. The Morgan fingerprint density at radius 3 is 2.53 bits per heavy atom. The second-order valence-corrected chi connectivity index (χ2v) is 7.59. The van der Waals surface area contributed by atoms with Crippen LogP contribution < -0.4 is 9.47 Å². The maximum absolute atomic E-state index is 13.1. The second kappa shape index (κ2) is 10.7. The summed E-state index contributed by atoms with van der Waals surface area (Å²) in [6, 6.07) is 20.4. The Hall–Kier alpha value is -4.04. The number of amides is 1. The minimum absolute atomic E-state index is 0.235. The van der Waals surface area contributed by atoms with Crippen molar-refractivity contribution in [1.29, 1.82) is 0 Å². The molecule has 0 bridgehead atoms. The van der Waals surface area contributed by atoms with Crippen LogP contribution in [0.4, 0.5) is 0 Å². The number of nitrogens with zero attached hydrogens (tertiary/aromatic N) is 3. The van der Waals surface area contributed by atoms with Gasteiger partial charge in [0.25, 0.3) is 5.91 Å². The lowest BCUT2D eigenvalue weighted by molar-refractivity contribution is 0.0648. The number of hydrogen-bond acceptors (Lipinski definition) is 6. The Labute approximate surface area is 198 Å². The van der Waals surface area contributed by atoms with Gasteiger partial charge in [0.1, 0.15) is 11.5 Å². The van der Waals surface area contributed by atoms with Crippen LogP contribution in [0.2, 0.25) is 0 Å². The van der Waals surface area contributed by atoms with Gasteiger partial charge < -0.3 is 23.5 Å². The monoisotopic (exact) mass is 461 g/mol. The summed E-state index contributed by atoms with van der Waals surface area (Å²) < 4.78 is 24.0. The molecule has 34 heavy (non-hydrogen) atoms. The number of rotatable bonds is 10. The van der Waals surface area contributed by atoms with Crippen molar-refractivity contribution in [2.75, 3.05) is 27.4 Å². The topological polar surface area (TPSA) is 79.0 Å². The molecule has 0 N–H and O–H groups in total. The third-order valence-corrected chi connectivity index (χ3v) is 5.33. The highest BCUT2D eigenvalue weighted by molar-refractivity contribution is 5.91. The quantitative estimate of drug-likeness (QED) is 0.336. The summed E-state index contributed by atoms with van der Waals surface area (Å²) in [5.74, 6) is 1.82. The number of aryl methyl sites for hydroxylation is 1. The highest BCUT2D eigenvalue weighted by Crippen LogP contribution is 2.33. The van der Waals surface area contributed by atoms with Gasteiger partial charge in [0.2, 0.25) is 5.88 Å². The van der Waals surface area contributed by atoms with Gasteiger partial charge in [0, 0.05) is 19.7 Å². The van der Waals surface area contributed by atoms with Crippen molar-refractivity contribution >= 4 is 5.91 Å². The summed E-state index contributed by atoms with van der Waals surface area (Å²) in [5.41, 5.74) is 2.37. The lowest BCUT2D eigenvalue weighted by Crippen LogP contribution is -2.33. The van der Waals surface area contributed by atoms with Gasteiger partial charge in [-0.2, -0.15) is 5.10 Å². The molecule has 4 aromatic rings. The van der Waals surface area contributed by atoms with E-state index in [0.29, 0.717) is 30.5 Å². The molecule has 0 spiro atoms. The van der Waals surface area contributed by atoms with Gasteiger partial charge in [-0.05, 0) is 43.3 Å². The van der Waals surface area contributed by atoms with Gasteiger partial charge >= 0.3 is 0 Å². The Kier molecular flexibility index (Phi) is 7.29. The minimum Gasteiger partial charge on any atom is -0.497 e. The van der Waals surface area contributed by atoms with Crippen LogP contribution in [0.3, 0.4) is 0 Å². The molecule has 2 aromatic heterocycles. The maximum Gasteiger partial charge on any atom is 0.289 e. The molecule has 0 atom stereocenters. The zero-order valence-corrected chi connectivity index (χ0v) is 19.4. The number of carbonyl (C=O) groups excluding carboxylic acids is 1. The Morgan fingerprint density at radius 2 is 1.82 bits per heavy atom. The molecule has 0 aliphatic carbocycles. The zero-order valence-electron chi connectivity index (χ0n) is 19.4. The van der Waals surface area contributed by atoms with Crippen molar-refractivity contribution in [2.45, 2.75) is 13.5 Å². The summed E-state index contributed by atoms with van der Waals surface area (Å²) >= 11 is 0. The van der Waals surface area contributed by atoms with E-state index in [-0.39, 0.29) is 18.2 Å². The van der Waals surface area contributed by atoms with E-state index in [4.69, 9.17) is 23.7 Å². The number of para-hydroxylation sites is 1. The molecular formula is C26H27N3O5. The van der Waals surface area contributed by atoms with E-state index in [1.165, 1.54) is 6.26 Å². The van der Waals surface area contributed by atoms with Crippen molar-refractivity contribution in [3.8, 4) is 23.1 Å². The average molecular weight is 462 g/mol. The number of methoxy groups -OCH3 is 2. The van der Waals surface area contributed by atoms with Crippen LogP contribution >= 0.6 is 0 Å². The molecule has 0 unspecified atom stereocenters. The summed E-state index contributed by atoms with van der Waals surface area (Å²) in [5, 5.41) is 4.74. The second-order valence-electron chi connectivity index (χ2n) is 7.59. The molecule has 0 saturated heterocycles. The number of aromatic nitrogens is 2. The first-order valence-electron chi connectivity index (χ1n) is 10.9. The van der Waals surface area contributed by atoms with Gasteiger partial charge in [0.15, 0.2) is 5.76 Å². The summed E-state index contributed by atoms with van der Waals surface area (Å²) in [6.07, 6.45) is 1.48. The highest BCUT2D eigenvalue weighted by atomic mass is 16.5.